The van der Waals surface area contributed by atoms with Crippen LogP contribution in [0.2, 0.25) is 0 Å². The van der Waals surface area contributed by atoms with E-state index in [2.05, 4.69) is 112 Å². The lowest BCUT2D eigenvalue weighted by molar-refractivity contribution is -0.0554. The van der Waals surface area contributed by atoms with Crippen molar-refractivity contribution in [2.45, 2.75) is 118 Å². The zero-order valence-corrected chi connectivity index (χ0v) is 63.4. The normalized spacial score (nSPS) is 15.7. The molecular weight excluding hydrogens is 1290 g/mol. The highest BCUT2D eigenvalue weighted by Crippen LogP contribution is 2.37. The minimum absolute atomic E-state index is 0. The first-order valence-electron chi connectivity index (χ1n) is 33.9. The van der Waals surface area contributed by atoms with Gasteiger partial charge in [0.1, 0.15) is 20.4 Å². The Morgan fingerprint density at radius 3 is 1.33 bits per heavy atom. The van der Waals surface area contributed by atoms with Gasteiger partial charge in [-0.25, -0.2) is 0 Å². The Balaban J connectivity index is -0.000000338. The molecule has 3 aromatic carbocycles. The van der Waals surface area contributed by atoms with Crippen LogP contribution < -0.4 is 88.4 Å². The first-order chi connectivity index (χ1) is 45.9. The van der Waals surface area contributed by atoms with Crippen molar-refractivity contribution in [3.05, 3.63) is 83.9 Å². The van der Waals surface area contributed by atoms with Crippen LogP contribution in [0.15, 0.2) is 72.8 Å². The molecule has 568 valence electrons. The van der Waals surface area contributed by atoms with Crippen molar-refractivity contribution in [2.24, 2.45) is 69.5 Å². The van der Waals surface area contributed by atoms with Gasteiger partial charge >= 0.3 is 0 Å². The van der Waals surface area contributed by atoms with Crippen LogP contribution in [-0.2, 0) is 41.5 Å². The summed E-state index contributed by atoms with van der Waals surface area (Å²) in [6.07, 6.45) is 13.8. The molecule has 26 heteroatoms. The van der Waals surface area contributed by atoms with Crippen LogP contribution in [0, 0.1) is 23.7 Å². The molecule has 0 saturated heterocycles. The lowest BCUT2D eigenvalue weighted by atomic mass is 9.74. The second-order valence-corrected chi connectivity index (χ2v) is 27.4. The number of nitrogens with one attached hydrogen (secondary N) is 8. The van der Waals surface area contributed by atoms with Crippen molar-refractivity contribution in [3.63, 3.8) is 0 Å². The summed E-state index contributed by atoms with van der Waals surface area (Å²) in [6, 6.07) is 26.2. The number of hydrogen-bond donors (Lipinski definition) is 16. The van der Waals surface area contributed by atoms with Gasteiger partial charge in [-0.15, -0.1) is 23.5 Å². The number of rotatable bonds is 43. The topological polar surface area (TPSA) is 360 Å². The lowest BCUT2D eigenvalue weighted by Gasteiger charge is -2.33. The van der Waals surface area contributed by atoms with Crippen molar-refractivity contribution in [1.29, 1.82) is 0 Å². The molecule has 0 heterocycles. The molecule has 0 aliphatic heterocycles. The first kappa shape index (κ1) is 103. The monoisotopic (exact) mass is 1440 g/mol. The van der Waals surface area contributed by atoms with Crippen molar-refractivity contribution in [2.75, 3.05) is 208 Å². The number of hydrogen-bond acceptors (Lipinski definition) is 26. The third-order valence-corrected chi connectivity index (χ3v) is 19.5. The molecule has 22 nitrogen and oxygen atoms in total. The predicted molar refractivity (Wildman–Crippen MR) is 429 cm³/mol. The molecule has 5 rings (SSSR count). The highest BCUT2D eigenvalue weighted by Gasteiger charge is 2.26. The molecule has 2 unspecified atom stereocenters. The Morgan fingerprint density at radius 2 is 0.927 bits per heavy atom. The van der Waals surface area contributed by atoms with Gasteiger partial charge in [-0.1, -0.05) is 105 Å². The van der Waals surface area contributed by atoms with Gasteiger partial charge in [-0.3, -0.25) is 5.32 Å². The van der Waals surface area contributed by atoms with Gasteiger partial charge in [0.25, 0.3) is 0 Å². The molecule has 0 spiro atoms. The van der Waals surface area contributed by atoms with Gasteiger partial charge in [-0.05, 0) is 190 Å². The number of likely N-dealkylation sites (N-methyl/N-ethyl adjacent to an activating group) is 2. The van der Waals surface area contributed by atoms with E-state index in [9.17, 15) is 0 Å². The fourth-order valence-electron chi connectivity index (χ4n) is 8.67. The van der Waals surface area contributed by atoms with Gasteiger partial charge in [0.15, 0.2) is 0 Å². The average molecular weight is 1440 g/mol. The fourth-order valence-corrected chi connectivity index (χ4v) is 12.0. The molecule has 2 atom stereocenters. The predicted octanol–water partition coefficient (Wildman–Crippen LogP) is 8.16. The average Bonchev–Trinajstić information content (AvgIpc) is 1.89. The van der Waals surface area contributed by atoms with Crippen LogP contribution in [0.1, 0.15) is 104 Å². The Hall–Kier alpha value is -2.14. The molecule has 24 N–H and O–H groups in total. The zero-order valence-electron chi connectivity index (χ0n) is 60.1. The number of anilines is 2. The van der Waals surface area contributed by atoms with Gasteiger partial charge < -0.3 is 112 Å². The van der Waals surface area contributed by atoms with Gasteiger partial charge in [0.2, 0.25) is 0 Å². The molecule has 2 aliphatic rings. The lowest BCUT2D eigenvalue weighted by Crippen LogP contribution is -2.33. The molecule has 2 aliphatic carbocycles. The van der Waals surface area contributed by atoms with Crippen molar-refractivity contribution in [1.82, 2.24) is 31.9 Å². The van der Waals surface area contributed by atoms with Crippen LogP contribution in [0.5, 0.6) is 0 Å². The smallest absolute Gasteiger partial charge is 0.148 e. The summed E-state index contributed by atoms with van der Waals surface area (Å²) in [4.78, 5) is 0. The quantitative estimate of drug-likeness (QED) is 0.0144. The standard InChI is InChI=1S/C15H30N2.C14H16N2.C12H28N2O4S2.C8H12N2.C6H16N2.C5H14N2O2.C5H14N2S2.C3H10N2.2CH4/c1-17-15-8-6-13(7-9-15)10-12-2-4-14(11-16)5-3-12;1-16-14-8-6-13(7-9-14)12-4-2-11(10-15)3-5-12;1-14-4-6-16-12-18-8-10-20-19-9-7-17-11-15-5-2-3-13;1-10-8-4-2-7(6-9)3-5-8;1-5(4-7)6(2)8-3;2*1-7-4-9-5-8-3-2-6;1-5-3-2-4;;/h12-15,17H,2-11,16H2,1H3;2-9,16H,10,15H2,1H3;14H,2-13H2,1H3;2-5,10H,6,9H2,1H3;5-6,8H,4,7H2,1-3H3;2*7H,2-6H2,1H3;5H,2-4H2,1H3;2*1H4. The molecule has 0 radical (unpaired) electrons. The molecule has 3 aromatic rings. The Labute approximate surface area is 603 Å². The minimum Gasteiger partial charge on any atom is -0.388 e. The van der Waals surface area contributed by atoms with E-state index in [0.29, 0.717) is 98.3 Å². The number of ether oxygens (including phenoxy) is 6. The maximum absolute atomic E-state index is 5.76. The summed E-state index contributed by atoms with van der Waals surface area (Å²) in [5.41, 5.74) is 50.0. The minimum atomic E-state index is 0. The fraction of sp³-hybridized carbons (Fsp3) is 0.743. The second kappa shape index (κ2) is 81.8. The van der Waals surface area contributed by atoms with E-state index in [0.717, 1.165) is 115 Å². The zero-order chi connectivity index (χ0) is 70.2. The third-order valence-electron chi connectivity index (χ3n) is 14.8. The summed E-state index contributed by atoms with van der Waals surface area (Å²) in [6.45, 7) is 16.6. The van der Waals surface area contributed by atoms with E-state index >= 15 is 0 Å². The van der Waals surface area contributed by atoms with Gasteiger partial charge in [0.05, 0.1) is 39.8 Å². The third kappa shape index (κ3) is 66.4. The number of nitrogens with two attached hydrogens (primary N) is 8. The summed E-state index contributed by atoms with van der Waals surface area (Å²) in [5, 5.41) is 25.6. The first-order valence-corrected chi connectivity index (χ1v) is 38.7. The Bertz CT molecular complexity index is 1770. The summed E-state index contributed by atoms with van der Waals surface area (Å²) in [5.74, 6) is 7.49. The van der Waals surface area contributed by atoms with E-state index < -0.39 is 0 Å². The Kier molecular flexibility index (Phi) is 87.4. The maximum Gasteiger partial charge on any atom is 0.148 e. The highest BCUT2D eigenvalue weighted by atomic mass is 33.1. The highest BCUT2D eigenvalue weighted by molar-refractivity contribution is 8.76. The summed E-state index contributed by atoms with van der Waals surface area (Å²) >= 11 is 3.78. The van der Waals surface area contributed by atoms with Gasteiger partial charge in [-0.2, -0.15) is 0 Å². The SMILES string of the molecule is C.C.CNC(C)C(C)CN.CNC1CCC(CC2CCC(CN)CC2)CC1.CNCCN.CNCCOCOCCSSCCOCOCCCN.CNCOCOCCN.CNCSCSCCN.CNc1ccc(-c2ccc(CN)cc2)cc1.CNc1ccc(CN)cc1. The molecule has 2 fully saturated rings. The van der Waals surface area contributed by atoms with Crippen LogP contribution in [0.25, 0.3) is 11.1 Å². The summed E-state index contributed by atoms with van der Waals surface area (Å²) < 4.78 is 30.9. The van der Waals surface area contributed by atoms with Crippen molar-refractivity contribution in [3.8, 4) is 11.1 Å². The van der Waals surface area contributed by atoms with Crippen LogP contribution in [0.3, 0.4) is 0 Å². The number of thioether (sulfide) groups is 2. The molecule has 0 bridgehead atoms. The number of benzene rings is 3. The van der Waals surface area contributed by atoms with Crippen LogP contribution in [-0.4, -0.2) is 209 Å². The van der Waals surface area contributed by atoms with E-state index in [1.165, 1.54) is 74.5 Å². The largest absolute Gasteiger partial charge is 0.388 e. The van der Waals surface area contributed by atoms with Crippen molar-refractivity contribution < 1.29 is 28.4 Å². The van der Waals surface area contributed by atoms with E-state index in [1.54, 1.807) is 21.6 Å². The molecule has 96 heavy (non-hydrogen) atoms. The molecule has 2 saturated carbocycles. The summed E-state index contributed by atoms with van der Waals surface area (Å²) in [7, 11) is 19.0. The molecule has 0 amide bonds. The molecule has 0 aromatic heterocycles. The van der Waals surface area contributed by atoms with E-state index in [-0.39, 0.29) is 14.9 Å². The van der Waals surface area contributed by atoms with Crippen LogP contribution >= 0.6 is 45.1 Å². The second-order valence-electron chi connectivity index (χ2n) is 22.2. The van der Waals surface area contributed by atoms with E-state index in [4.69, 9.17) is 74.3 Å². The van der Waals surface area contributed by atoms with Crippen molar-refractivity contribution >= 4 is 56.5 Å². The van der Waals surface area contributed by atoms with Gasteiger partial charge in [0, 0.05) is 112 Å². The Morgan fingerprint density at radius 1 is 0.458 bits per heavy atom. The maximum atomic E-state index is 5.76. The molecular formula is C70H148N16O6S4. The van der Waals surface area contributed by atoms with E-state index in [1.807, 2.05) is 97.1 Å². The van der Waals surface area contributed by atoms with Crippen LogP contribution in [0.4, 0.5) is 11.4 Å².